The van der Waals surface area contributed by atoms with Gasteiger partial charge in [-0.05, 0) is 41.8 Å². The zero-order chi connectivity index (χ0) is 25.0. The molecule has 0 saturated carbocycles. The molecule has 2 atom stereocenters. The SMILES string of the molecule is CC(C)CN(CC(O)[C@H](C)N=[N+]=[N-])S(=O)(=O)c1cccc(S(=O)(=O)c2ccc(F)cc2F)c1. The van der Waals surface area contributed by atoms with Gasteiger partial charge >= 0.3 is 0 Å². The van der Waals surface area contributed by atoms with Gasteiger partial charge in [0.15, 0.2) is 0 Å². The van der Waals surface area contributed by atoms with Crippen molar-refractivity contribution in [2.24, 2.45) is 11.0 Å². The van der Waals surface area contributed by atoms with Crippen LogP contribution in [-0.4, -0.2) is 51.5 Å². The molecule has 0 aliphatic rings. The highest BCUT2D eigenvalue weighted by atomic mass is 32.2. The van der Waals surface area contributed by atoms with Gasteiger partial charge in [-0.3, -0.25) is 0 Å². The summed E-state index contributed by atoms with van der Waals surface area (Å²) in [6.45, 7) is 4.53. The van der Waals surface area contributed by atoms with E-state index in [0.717, 1.165) is 28.6 Å². The molecule has 0 saturated heterocycles. The summed E-state index contributed by atoms with van der Waals surface area (Å²) in [5, 5.41) is 13.7. The number of benzene rings is 2. The fourth-order valence-electron chi connectivity index (χ4n) is 2.97. The molecule has 9 nitrogen and oxygen atoms in total. The van der Waals surface area contributed by atoms with E-state index in [0.29, 0.717) is 6.07 Å². The summed E-state index contributed by atoms with van der Waals surface area (Å²) in [5.74, 6) is -2.41. The van der Waals surface area contributed by atoms with Crippen molar-refractivity contribution in [3.63, 3.8) is 0 Å². The molecule has 2 rings (SSSR count). The van der Waals surface area contributed by atoms with Crippen molar-refractivity contribution in [3.8, 4) is 0 Å². The van der Waals surface area contributed by atoms with E-state index in [1.54, 1.807) is 13.8 Å². The first-order valence-electron chi connectivity index (χ1n) is 9.83. The molecule has 13 heteroatoms. The van der Waals surface area contributed by atoms with Gasteiger partial charge in [0.1, 0.15) is 16.5 Å². The van der Waals surface area contributed by atoms with E-state index in [-0.39, 0.29) is 12.5 Å². The summed E-state index contributed by atoms with van der Waals surface area (Å²) in [6.07, 6.45) is -1.31. The lowest BCUT2D eigenvalue weighted by Crippen LogP contribution is -2.42. The van der Waals surface area contributed by atoms with Gasteiger partial charge in [0, 0.05) is 24.1 Å². The Balaban J connectivity index is 2.51. The van der Waals surface area contributed by atoms with Crippen LogP contribution in [-0.2, 0) is 19.9 Å². The van der Waals surface area contributed by atoms with Crippen molar-refractivity contribution in [3.05, 3.63) is 64.5 Å². The summed E-state index contributed by atoms with van der Waals surface area (Å²) in [7, 11) is -8.79. The normalized spacial score (nSPS) is 14.2. The Morgan fingerprint density at radius 1 is 1.03 bits per heavy atom. The first kappa shape index (κ1) is 26.7. The summed E-state index contributed by atoms with van der Waals surface area (Å²) >= 11 is 0. The van der Waals surface area contributed by atoms with E-state index in [4.69, 9.17) is 5.53 Å². The number of nitrogens with zero attached hydrogens (tertiary/aromatic N) is 4. The summed E-state index contributed by atoms with van der Waals surface area (Å²) in [6, 6.07) is 5.40. The van der Waals surface area contributed by atoms with E-state index in [1.807, 2.05) is 0 Å². The molecule has 0 fully saturated rings. The number of aliphatic hydroxyl groups is 1. The Labute approximate surface area is 191 Å². The highest BCUT2D eigenvalue weighted by molar-refractivity contribution is 7.91. The third-order valence-corrected chi connectivity index (χ3v) is 8.30. The molecule has 0 heterocycles. The van der Waals surface area contributed by atoms with Crippen LogP contribution in [0.15, 0.2) is 62.3 Å². The minimum absolute atomic E-state index is 0.00799. The van der Waals surface area contributed by atoms with Gasteiger partial charge in [-0.1, -0.05) is 32.0 Å². The molecule has 180 valence electrons. The zero-order valence-electron chi connectivity index (χ0n) is 18.1. The van der Waals surface area contributed by atoms with Gasteiger partial charge in [-0.15, -0.1) is 0 Å². The molecular weight excluding hydrogens is 478 g/mol. The van der Waals surface area contributed by atoms with E-state index in [2.05, 4.69) is 10.0 Å². The molecule has 0 radical (unpaired) electrons. The smallest absolute Gasteiger partial charge is 0.243 e. The molecule has 0 aliphatic carbocycles. The molecule has 0 aliphatic heterocycles. The maximum atomic E-state index is 14.1. The van der Waals surface area contributed by atoms with Gasteiger partial charge in [-0.25, -0.2) is 25.6 Å². The summed E-state index contributed by atoms with van der Waals surface area (Å²) in [5.41, 5.74) is 8.55. The van der Waals surface area contributed by atoms with E-state index >= 15 is 0 Å². The quantitative estimate of drug-likeness (QED) is 0.229. The number of hydrogen-bond donors (Lipinski definition) is 1. The first-order valence-corrected chi connectivity index (χ1v) is 12.8. The van der Waals surface area contributed by atoms with Crippen LogP contribution in [0.1, 0.15) is 20.8 Å². The van der Waals surface area contributed by atoms with Crippen LogP contribution in [0.4, 0.5) is 8.78 Å². The second kappa shape index (κ2) is 10.6. The molecule has 0 aromatic heterocycles. The van der Waals surface area contributed by atoms with Crippen LogP contribution in [0.5, 0.6) is 0 Å². The van der Waals surface area contributed by atoms with Gasteiger partial charge in [0.05, 0.1) is 21.9 Å². The zero-order valence-corrected chi connectivity index (χ0v) is 19.8. The third kappa shape index (κ3) is 6.27. The Bertz CT molecular complexity index is 1260. The van der Waals surface area contributed by atoms with Gasteiger partial charge in [0.2, 0.25) is 19.9 Å². The van der Waals surface area contributed by atoms with E-state index in [9.17, 15) is 30.7 Å². The molecule has 1 N–H and O–H groups in total. The Morgan fingerprint density at radius 2 is 1.67 bits per heavy atom. The van der Waals surface area contributed by atoms with Crippen LogP contribution in [0.3, 0.4) is 0 Å². The number of aliphatic hydroxyl groups excluding tert-OH is 1. The lowest BCUT2D eigenvalue weighted by atomic mass is 10.2. The van der Waals surface area contributed by atoms with Gasteiger partial charge < -0.3 is 5.11 Å². The van der Waals surface area contributed by atoms with E-state index < -0.39 is 64.9 Å². The lowest BCUT2D eigenvalue weighted by molar-refractivity contribution is 0.122. The fraction of sp³-hybridized carbons (Fsp3) is 0.400. The minimum Gasteiger partial charge on any atom is -0.391 e. The number of azide groups is 1. The van der Waals surface area contributed by atoms with Crippen LogP contribution in [0, 0.1) is 17.6 Å². The van der Waals surface area contributed by atoms with Gasteiger partial charge in [0.25, 0.3) is 0 Å². The number of hydrogen-bond acceptors (Lipinski definition) is 6. The van der Waals surface area contributed by atoms with E-state index in [1.165, 1.54) is 19.1 Å². The van der Waals surface area contributed by atoms with Crippen molar-refractivity contribution >= 4 is 19.9 Å². The average Bonchev–Trinajstić information content (AvgIpc) is 2.72. The Hall–Kier alpha value is -2.57. The van der Waals surface area contributed by atoms with Crippen LogP contribution < -0.4 is 0 Å². The number of sulfonamides is 1. The second-order valence-corrected chi connectivity index (χ2v) is 11.6. The van der Waals surface area contributed by atoms with Crippen molar-refractivity contribution < 1.29 is 30.7 Å². The largest absolute Gasteiger partial charge is 0.391 e. The maximum Gasteiger partial charge on any atom is 0.243 e. The molecule has 0 amide bonds. The lowest BCUT2D eigenvalue weighted by Gasteiger charge is -2.27. The monoisotopic (exact) mass is 502 g/mol. The molecular formula is C20H24F2N4O5S2. The predicted octanol–water partition coefficient (Wildman–Crippen LogP) is 3.50. The predicted molar refractivity (Wildman–Crippen MR) is 116 cm³/mol. The maximum absolute atomic E-state index is 14.1. The van der Waals surface area contributed by atoms with Crippen molar-refractivity contribution in [2.45, 2.75) is 47.6 Å². The topological polar surface area (TPSA) is 141 Å². The number of sulfone groups is 1. The second-order valence-electron chi connectivity index (χ2n) is 7.78. The molecule has 0 spiro atoms. The summed E-state index contributed by atoms with van der Waals surface area (Å²) in [4.78, 5) is 0.914. The van der Waals surface area contributed by atoms with Crippen LogP contribution in [0.2, 0.25) is 0 Å². The Morgan fingerprint density at radius 3 is 2.24 bits per heavy atom. The Kier molecular flexibility index (Phi) is 8.55. The third-order valence-electron chi connectivity index (χ3n) is 4.69. The van der Waals surface area contributed by atoms with Crippen molar-refractivity contribution in [2.75, 3.05) is 13.1 Å². The molecule has 33 heavy (non-hydrogen) atoms. The molecule has 2 aromatic carbocycles. The standard InChI is InChI=1S/C20H24F2N4O5S2/c1-13(2)11-26(12-19(27)14(3)24-25-23)33(30,31)17-6-4-5-16(10-17)32(28,29)20-8-7-15(21)9-18(20)22/h4-10,13-14,19,27H,11-12H2,1-3H3/t14-,19?/m0/s1. The fourth-order valence-corrected chi connectivity index (χ4v) is 6.07. The van der Waals surface area contributed by atoms with Crippen molar-refractivity contribution in [1.82, 2.24) is 4.31 Å². The summed E-state index contributed by atoms with van der Waals surface area (Å²) < 4.78 is 80.6. The van der Waals surface area contributed by atoms with Gasteiger partial charge in [-0.2, -0.15) is 4.31 Å². The average molecular weight is 503 g/mol. The van der Waals surface area contributed by atoms with Crippen LogP contribution >= 0.6 is 0 Å². The highest BCUT2D eigenvalue weighted by Gasteiger charge is 2.31. The minimum atomic E-state index is -4.49. The molecule has 0 bridgehead atoms. The van der Waals surface area contributed by atoms with Crippen LogP contribution in [0.25, 0.3) is 10.4 Å². The molecule has 2 aromatic rings. The van der Waals surface area contributed by atoms with Crippen molar-refractivity contribution in [1.29, 1.82) is 0 Å². The number of rotatable bonds is 10. The molecule has 1 unspecified atom stereocenters. The highest BCUT2D eigenvalue weighted by Crippen LogP contribution is 2.27. The number of halogens is 2. The first-order chi connectivity index (χ1) is 15.3.